The molecule has 6 nitrogen and oxygen atoms in total. The Morgan fingerprint density at radius 3 is 2.83 bits per heavy atom. The molecule has 7 heteroatoms. The van der Waals surface area contributed by atoms with Crippen LogP contribution in [0.25, 0.3) is 21.0 Å². The quantitative estimate of drug-likeness (QED) is 0.599. The van der Waals surface area contributed by atoms with Gasteiger partial charge in [0.05, 0.1) is 10.2 Å². The van der Waals surface area contributed by atoms with Crippen molar-refractivity contribution in [2.24, 2.45) is 0 Å². The summed E-state index contributed by atoms with van der Waals surface area (Å²) >= 11 is 1.49. The Labute approximate surface area is 139 Å². The third kappa shape index (κ3) is 2.61. The number of nitrogens with one attached hydrogen (secondary N) is 2. The molecule has 0 aliphatic carbocycles. The molecular formula is C17H11N3O3S. The molecule has 0 aliphatic rings. The predicted molar refractivity (Wildman–Crippen MR) is 92.3 cm³/mol. The number of benzene rings is 1. The number of carbonyl (C=O) groups excluding carboxylic acids is 1. The molecule has 0 aliphatic heterocycles. The summed E-state index contributed by atoms with van der Waals surface area (Å²) in [5, 5.41) is 3.23. The van der Waals surface area contributed by atoms with E-state index in [0.717, 1.165) is 10.2 Å². The Morgan fingerprint density at radius 2 is 2.00 bits per heavy atom. The standard InChI is InChI=1S/C17H11N3O3S/c21-15-11(5-3-9-18-15)19-16(22)12-7-8-13(23-12)17-20-10-4-1-2-6-14(10)24-17/h1-9H,(H,18,21)(H,19,22). The summed E-state index contributed by atoms with van der Waals surface area (Å²) in [6.07, 6.45) is 1.50. The molecule has 2 N–H and O–H groups in total. The third-order valence-electron chi connectivity index (χ3n) is 3.40. The zero-order chi connectivity index (χ0) is 16.5. The Bertz CT molecular complexity index is 1060. The monoisotopic (exact) mass is 337 g/mol. The summed E-state index contributed by atoms with van der Waals surface area (Å²) in [7, 11) is 0. The Balaban J connectivity index is 1.61. The van der Waals surface area contributed by atoms with Gasteiger partial charge in [-0.05, 0) is 36.4 Å². The Morgan fingerprint density at radius 1 is 1.12 bits per heavy atom. The van der Waals surface area contributed by atoms with Crippen molar-refractivity contribution in [2.45, 2.75) is 0 Å². The number of aromatic nitrogens is 2. The van der Waals surface area contributed by atoms with Gasteiger partial charge in [-0.15, -0.1) is 11.3 Å². The molecule has 118 valence electrons. The number of furan rings is 1. The first-order valence-corrected chi connectivity index (χ1v) is 7.97. The second-order valence-corrected chi connectivity index (χ2v) is 6.05. The van der Waals surface area contributed by atoms with Crippen LogP contribution in [0.4, 0.5) is 5.69 Å². The van der Waals surface area contributed by atoms with Gasteiger partial charge < -0.3 is 14.7 Å². The highest BCUT2D eigenvalue weighted by Crippen LogP contribution is 2.31. The summed E-state index contributed by atoms with van der Waals surface area (Å²) in [4.78, 5) is 30.8. The number of hydrogen-bond acceptors (Lipinski definition) is 5. The van der Waals surface area contributed by atoms with Crippen molar-refractivity contribution in [1.82, 2.24) is 9.97 Å². The molecule has 1 aromatic carbocycles. The Hall–Kier alpha value is -3.19. The van der Waals surface area contributed by atoms with Crippen LogP contribution in [-0.4, -0.2) is 15.9 Å². The topological polar surface area (TPSA) is 88.0 Å². The molecule has 0 fully saturated rings. The van der Waals surface area contributed by atoms with Crippen molar-refractivity contribution in [3.05, 3.63) is 70.8 Å². The zero-order valence-electron chi connectivity index (χ0n) is 12.3. The first kappa shape index (κ1) is 14.4. The van der Waals surface area contributed by atoms with Crippen LogP contribution >= 0.6 is 11.3 Å². The molecule has 0 radical (unpaired) electrons. The summed E-state index contributed by atoms with van der Waals surface area (Å²) in [5.74, 6) is 0.148. The average molecular weight is 337 g/mol. The zero-order valence-corrected chi connectivity index (χ0v) is 13.1. The number of nitrogens with zero attached hydrogens (tertiary/aromatic N) is 1. The van der Waals surface area contributed by atoms with Crippen molar-refractivity contribution in [1.29, 1.82) is 0 Å². The summed E-state index contributed by atoms with van der Waals surface area (Å²) in [6, 6.07) is 14.2. The van der Waals surface area contributed by atoms with Crippen LogP contribution in [0.2, 0.25) is 0 Å². The largest absolute Gasteiger partial charge is 0.448 e. The molecule has 1 amide bonds. The second-order valence-electron chi connectivity index (χ2n) is 5.02. The molecule has 0 atom stereocenters. The van der Waals surface area contributed by atoms with Crippen molar-refractivity contribution in [3.8, 4) is 10.8 Å². The lowest BCUT2D eigenvalue weighted by atomic mass is 10.3. The van der Waals surface area contributed by atoms with Gasteiger partial charge in [-0.2, -0.15) is 0 Å². The van der Waals surface area contributed by atoms with E-state index in [0.29, 0.717) is 10.8 Å². The number of hydrogen-bond donors (Lipinski definition) is 2. The third-order valence-corrected chi connectivity index (χ3v) is 4.45. The first-order chi connectivity index (χ1) is 11.7. The highest BCUT2D eigenvalue weighted by atomic mass is 32.1. The molecule has 0 unspecified atom stereocenters. The lowest BCUT2D eigenvalue weighted by Gasteiger charge is -2.00. The van der Waals surface area contributed by atoms with Gasteiger partial charge in [0.15, 0.2) is 16.5 Å². The van der Waals surface area contributed by atoms with Gasteiger partial charge >= 0.3 is 0 Å². The number of rotatable bonds is 3. The fourth-order valence-electron chi connectivity index (χ4n) is 2.26. The van der Waals surface area contributed by atoms with E-state index in [2.05, 4.69) is 15.3 Å². The van der Waals surface area contributed by atoms with E-state index in [9.17, 15) is 9.59 Å². The maximum atomic E-state index is 12.2. The van der Waals surface area contributed by atoms with Crippen LogP contribution in [0.1, 0.15) is 10.6 Å². The number of fused-ring (bicyclic) bond motifs is 1. The normalized spacial score (nSPS) is 10.8. The van der Waals surface area contributed by atoms with Crippen LogP contribution in [-0.2, 0) is 0 Å². The Kier molecular flexibility index (Phi) is 3.47. The van der Waals surface area contributed by atoms with Gasteiger partial charge in [0.25, 0.3) is 11.5 Å². The van der Waals surface area contributed by atoms with Gasteiger partial charge in [0.1, 0.15) is 5.69 Å². The number of amides is 1. The van der Waals surface area contributed by atoms with Crippen molar-refractivity contribution in [2.75, 3.05) is 5.32 Å². The van der Waals surface area contributed by atoms with E-state index in [1.165, 1.54) is 23.6 Å². The van der Waals surface area contributed by atoms with Gasteiger partial charge in [0.2, 0.25) is 0 Å². The van der Waals surface area contributed by atoms with E-state index in [1.807, 2.05) is 24.3 Å². The smallest absolute Gasteiger partial charge is 0.291 e. The maximum Gasteiger partial charge on any atom is 0.291 e. The van der Waals surface area contributed by atoms with E-state index >= 15 is 0 Å². The molecule has 0 bridgehead atoms. The highest BCUT2D eigenvalue weighted by Gasteiger charge is 2.15. The number of aromatic amines is 1. The summed E-state index contributed by atoms with van der Waals surface area (Å²) in [5.41, 5.74) is 0.681. The highest BCUT2D eigenvalue weighted by molar-refractivity contribution is 7.21. The number of pyridine rings is 1. The lowest BCUT2D eigenvalue weighted by Crippen LogP contribution is -2.18. The molecule has 3 heterocycles. The van der Waals surface area contributed by atoms with Crippen LogP contribution in [0.3, 0.4) is 0 Å². The van der Waals surface area contributed by atoms with Crippen LogP contribution in [0, 0.1) is 0 Å². The van der Waals surface area contributed by atoms with Crippen LogP contribution in [0.5, 0.6) is 0 Å². The molecule has 4 rings (SSSR count). The molecule has 0 saturated heterocycles. The van der Waals surface area contributed by atoms with E-state index < -0.39 is 5.91 Å². The number of thiazole rings is 1. The summed E-state index contributed by atoms with van der Waals surface area (Å²) < 4.78 is 6.64. The number of anilines is 1. The van der Waals surface area contributed by atoms with Crippen molar-refractivity contribution in [3.63, 3.8) is 0 Å². The maximum absolute atomic E-state index is 12.2. The van der Waals surface area contributed by atoms with Crippen molar-refractivity contribution < 1.29 is 9.21 Å². The van der Waals surface area contributed by atoms with Crippen molar-refractivity contribution >= 4 is 33.1 Å². The minimum absolute atomic E-state index is 0.118. The second kappa shape index (κ2) is 5.78. The molecule has 4 aromatic rings. The van der Waals surface area contributed by atoms with Gasteiger partial charge in [0, 0.05) is 6.20 Å². The minimum atomic E-state index is -0.487. The fraction of sp³-hybridized carbons (Fsp3) is 0. The number of carbonyl (C=O) groups is 1. The number of para-hydroxylation sites is 1. The lowest BCUT2D eigenvalue weighted by molar-refractivity contribution is 0.0997. The van der Waals surface area contributed by atoms with Gasteiger partial charge in [-0.3, -0.25) is 9.59 Å². The SMILES string of the molecule is O=C(Nc1ccc[nH]c1=O)c1ccc(-c2nc3ccccc3s2)o1. The minimum Gasteiger partial charge on any atom is -0.448 e. The van der Waals surface area contributed by atoms with E-state index in [1.54, 1.807) is 18.2 Å². The molecular weight excluding hydrogens is 326 g/mol. The number of H-pyrrole nitrogens is 1. The van der Waals surface area contributed by atoms with Gasteiger partial charge in [-0.25, -0.2) is 4.98 Å². The van der Waals surface area contributed by atoms with Crippen LogP contribution < -0.4 is 10.9 Å². The molecule has 3 aromatic heterocycles. The average Bonchev–Trinajstić information content (AvgIpc) is 3.23. The predicted octanol–water partition coefficient (Wildman–Crippen LogP) is 3.50. The molecule has 0 saturated carbocycles. The van der Waals surface area contributed by atoms with E-state index in [-0.39, 0.29) is 17.0 Å². The molecule has 24 heavy (non-hydrogen) atoms. The van der Waals surface area contributed by atoms with Gasteiger partial charge in [-0.1, -0.05) is 12.1 Å². The first-order valence-electron chi connectivity index (χ1n) is 7.15. The van der Waals surface area contributed by atoms with Crippen LogP contribution in [0.15, 0.2) is 63.9 Å². The fourth-order valence-corrected chi connectivity index (χ4v) is 3.18. The molecule has 0 spiro atoms. The summed E-state index contributed by atoms with van der Waals surface area (Å²) in [6.45, 7) is 0. The van der Waals surface area contributed by atoms with E-state index in [4.69, 9.17) is 4.42 Å².